The lowest BCUT2D eigenvalue weighted by Crippen LogP contribution is -1.91. The van der Waals surface area contributed by atoms with E-state index in [0.717, 1.165) is 6.08 Å². The van der Waals surface area contributed by atoms with Crippen LogP contribution in [0.5, 0.6) is 0 Å². The van der Waals surface area contributed by atoms with Gasteiger partial charge in [0.25, 0.3) is 0 Å². The van der Waals surface area contributed by atoms with Gasteiger partial charge in [0.1, 0.15) is 0 Å². The topological polar surface area (TPSA) is 26.3 Å². The molecule has 0 saturated heterocycles. The highest BCUT2D eigenvalue weighted by Crippen LogP contribution is 1.67. The number of carbonyl (C=O) groups is 1. The van der Waals surface area contributed by atoms with Crippen LogP contribution >= 0.6 is 0 Å². The van der Waals surface area contributed by atoms with Crippen LogP contribution in [0.15, 0.2) is 12.7 Å². The number of methoxy groups -OCH3 is 1. The Morgan fingerprint density at radius 3 is 2.29 bits per heavy atom. The summed E-state index contributed by atoms with van der Waals surface area (Å²) in [6.07, 6.45) is 1.11. The van der Waals surface area contributed by atoms with Crippen molar-refractivity contribution in [1.29, 1.82) is 0 Å². The zero-order chi connectivity index (χ0) is 4.99. The summed E-state index contributed by atoms with van der Waals surface area (Å²) in [4.78, 5) is 9.84. The van der Waals surface area contributed by atoms with Crippen LogP contribution in [0.25, 0.3) is 0 Å². The molecule has 2 nitrogen and oxygen atoms in total. The number of ether oxygens (including phenoxy) is 1. The van der Waals surface area contributed by atoms with Gasteiger partial charge in [0, 0.05) is 6.08 Å². The van der Waals surface area contributed by atoms with E-state index in [1.807, 2.05) is 0 Å². The van der Waals surface area contributed by atoms with Gasteiger partial charge in [-0.25, -0.2) is 4.79 Å². The minimum absolute atomic E-state index is 0. The van der Waals surface area contributed by atoms with Gasteiger partial charge in [0.15, 0.2) is 0 Å². The summed E-state index contributed by atoms with van der Waals surface area (Å²) in [6.45, 7) is 3.16. The lowest BCUT2D eigenvalue weighted by molar-refractivity contribution is -0.134. The Morgan fingerprint density at radius 1 is 1.86 bits per heavy atom. The Labute approximate surface area is 43.8 Å². The average Bonchev–Trinajstić information content (AvgIpc) is 1.65. The molecule has 0 aromatic rings. The monoisotopic (exact) mass is 102 g/mol. The SMILES string of the molecule is C.C=CC(=O)OC. The quantitative estimate of drug-likeness (QED) is 0.364. The van der Waals surface area contributed by atoms with Crippen LogP contribution in [-0.4, -0.2) is 13.1 Å². The maximum Gasteiger partial charge on any atom is 0.329 e. The summed E-state index contributed by atoms with van der Waals surface area (Å²) in [7, 11) is 1.31. The first-order chi connectivity index (χ1) is 2.81. The fraction of sp³-hybridized carbons (Fsp3) is 0.400. The molecule has 42 valence electrons. The summed E-state index contributed by atoms with van der Waals surface area (Å²) in [6, 6.07) is 0. The molecule has 0 aromatic carbocycles. The molecule has 0 aliphatic rings. The fourth-order valence-electron chi connectivity index (χ4n) is 0.0833. The molecule has 0 unspecified atom stereocenters. The Kier molecular flexibility index (Phi) is 7.08. The summed E-state index contributed by atoms with van der Waals surface area (Å²) >= 11 is 0. The molecular weight excluding hydrogens is 92.1 g/mol. The zero-order valence-corrected chi connectivity index (χ0v) is 3.60. The van der Waals surface area contributed by atoms with Gasteiger partial charge in [-0.2, -0.15) is 0 Å². The van der Waals surface area contributed by atoms with Gasteiger partial charge in [-0.3, -0.25) is 0 Å². The molecule has 0 spiro atoms. The molecule has 0 radical (unpaired) electrons. The summed E-state index contributed by atoms with van der Waals surface area (Å²) in [5, 5.41) is 0. The lowest BCUT2D eigenvalue weighted by atomic mass is 10.7. The van der Waals surface area contributed by atoms with Crippen molar-refractivity contribution in [1.82, 2.24) is 0 Å². The van der Waals surface area contributed by atoms with Crippen molar-refractivity contribution in [3.8, 4) is 0 Å². The van der Waals surface area contributed by atoms with E-state index in [4.69, 9.17) is 0 Å². The van der Waals surface area contributed by atoms with Crippen LogP contribution in [0.4, 0.5) is 0 Å². The van der Waals surface area contributed by atoms with E-state index in [0.29, 0.717) is 0 Å². The largest absolute Gasteiger partial charge is 0.466 e. The third-order valence-electron chi connectivity index (χ3n) is 0.368. The Hall–Kier alpha value is -0.790. The molecule has 7 heavy (non-hydrogen) atoms. The number of hydrogen-bond acceptors (Lipinski definition) is 2. The molecule has 0 rings (SSSR count). The lowest BCUT2D eigenvalue weighted by Gasteiger charge is -1.83. The molecule has 0 bridgehead atoms. The number of carbonyl (C=O) groups excluding carboxylic acids is 1. The van der Waals surface area contributed by atoms with Gasteiger partial charge < -0.3 is 4.74 Å². The maximum absolute atomic E-state index is 9.84. The molecule has 0 fully saturated rings. The highest BCUT2D eigenvalue weighted by Gasteiger charge is 1.81. The van der Waals surface area contributed by atoms with Gasteiger partial charge in [0.2, 0.25) is 0 Å². The number of esters is 1. The Morgan fingerprint density at radius 2 is 2.29 bits per heavy atom. The van der Waals surface area contributed by atoms with Gasteiger partial charge >= 0.3 is 5.97 Å². The minimum Gasteiger partial charge on any atom is -0.466 e. The molecule has 0 atom stereocenters. The first-order valence-corrected chi connectivity index (χ1v) is 1.51. The first kappa shape index (κ1) is 9.51. The van der Waals surface area contributed by atoms with E-state index >= 15 is 0 Å². The Balaban J connectivity index is 0. The standard InChI is InChI=1S/C4H6O2.CH4/c1-3-4(5)6-2;/h3H,1H2,2H3;1H4. The first-order valence-electron chi connectivity index (χ1n) is 1.51. The van der Waals surface area contributed by atoms with Crippen molar-refractivity contribution in [2.75, 3.05) is 7.11 Å². The van der Waals surface area contributed by atoms with Crippen LogP contribution in [0.3, 0.4) is 0 Å². The molecular formula is C5H10O2. The van der Waals surface area contributed by atoms with Crippen molar-refractivity contribution in [3.63, 3.8) is 0 Å². The van der Waals surface area contributed by atoms with Crippen LogP contribution in [0.1, 0.15) is 7.43 Å². The zero-order valence-electron chi connectivity index (χ0n) is 3.60. The maximum atomic E-state index is 9.84. The van der Waals surface area contributed by atoms with Gasteiger partial charge in [-0.15, -0.1) is 0 Å². The number of rotatable bonds is 1. The van der Waals surface area contributed by atoms with Gasteiger partial charge in [-0.05, 0) is 0 Å². The second kappa shape index (κ2) is 5.21. The second-order valence-corrected chi connectivity index (χ2v) is 0.727. The van der Waals surface area contributed by atoms with Gasteiger partial charge in [-0.1, -0.05) is 14.0 Å². The van der Waals surface area contributed by atoms with Gasteiger partial charge in [0.05, 0.1) is 7.11 Å². The molecule has 0 N–H and O–H groups in total. The molecule has 0 aliphatic heterocycles. The summed E-state index contributed by atoms with van der Waals surface area (Å²) in [5.74, 6) is -0.394. The van der Waals surface area contributed by atoms with E-state index in [1.165, 1.54) is 7.11 Å². The molecule has 0 saturated carbocycles. The van der Waals surface area contributed by atoms with Crippen molar-refractivity contribution in [2.24, 2.45) is 0 Å². The molecule has 2 heteroatoms. The van der Waals surface area contributed by atoms with Crippen LogP contribution in [0.2, 0.25) is 0 Å². The summed E-state index contributed by atoms with van der Waals surface area (Å²) in [5.41, 5.74) is 0. The molecule has 0 aromatic heterocycles. The van der Waals surface area contributed by atoms with E-state index in [1.54, 1.807) is 0 Å². The third kappa shape index (κ3) is 5.21. The smallest absolute Gasteiger partial charge is 0.329 e. The van der Waals surface area contributed by atoms with Crippen LogP contribution in [0, 0.1) is 0 Å². The highest BCUT2D eigenvalue weighted by molar-refractivity contribution is 5.80. The van der Waals surface area contributed by atoms with Crippen molar-refractivity contribution < 1.29 is 9.53 Å². The third-order valence-corrected chi connectivity index (χ3v) is 0.368. The van der Waals surface area contributed by atoms with E-state index in [2.05, 4.69) is 11.3 Å². The molecule has 0 heterocycles. The van der Waals surface area contributed by atoms with E-state index in [9.17, 15) is 4.79 Å². The van der Waals surface area contributed by atoms with E-state index < -0.39 is 5.97 Å². The fourth-order valence-corrected chi connectivity index (χ4v) is 0.0833. The normalized spacial score (nSPS) is 5.86. The van der Waals surface area contributed by atoms with Crippen molar-refractivity contribution in [3.05, 3.63) is 12.7 Å². The minimum atomic E-state index is -0.394. The predicted octanol–water partition coefficient (Wildman–Crippen LogP) is 0.982. The van der Waals surface area contributed by atoms with Crippen molar-refractivity contribution >= 4 is 5.97 Å². The highest BCUT2D eigenvalue weighted by atomic mass is 16.5. The van der Waals surface area contributed by atoms with E-state index in [-0.39, 0.29) is 7.43 Å². The number of hydrogen-bond donors (Lipinski definition) is 0. The molecule has 0 amide bonds. The Bertz CT molecular complexity index is 66.5. The van der Waals surface area contributed by atoms with Crippen LogP contribution < -0.4 is 0 Å². The summed E-state index contributed by atoms with van der Waals surface area (Å²) < 4.78 is 4.14. The van der Waals surface area contributed by atoms with Crippen molar-refractivity contribution in [2.45, 2.75) is 7.43 Å². The predicted molar refractivity (Wildman–Crippen MR) is 28.9 cm³/mol. The second-order valence-electron chi connectivity index (χ2n) is 0.727. The average molecular weight is 102 g/mol. The van der Waals surface area contributed by atoms with Crippen LogP contribution in [-0.2, 0) is 9.53 Å². The molecule has 0 aliphatic carbocycles.